The molecule has 5 aliphatic rings. The van der Waals surface area contributed by atoms with Gasteiger partial charge in [0.25, 0.3) is 6.43 Å². The molecule has 42 heavy (non-hydrogen) atoms. The van der Waals surface area contributed by atoms with Gasteiger partial charge in [-0.2, -0.15) is 5.10 Å². The van der Waals surface area contributed by atoms with Crippen molar-refractivity contribution in [3.05, 3.63) is 53.5 Å². The summed E-state index contributed by atoms with van der Waals surface area (Å²) in [5, 5.41) is 4.61. The van der Waals surface area contributed by atoms with Crippen molar-refractivity contribution < 1.29 is 23.0 Å². The SMILES string of the molecule is C=CC(=O)N1CCN(C2CN3c4cc(N5CC6(C5)OCC(COC)n5ncc(C)c56)nc(C(F)F)c4C=CCC23)CC1. The maximum absolute atomic E-state index is 14.4. The van der Waals surface area contributed by atoms with Gasteiger partial charge in [-0.05, 0) is 25.0 Å². The summed E-state index contributed by atoms with van der Waals surface area (Å²) in [6.07, 6.45) is 5.14. The Labute approximate surface area is 244 Å². The number of carbonyl (C=O) groups excluding carboxylic acids is 1. The zero-order valence-electron chi connectivity index (χ0n) is 24.1. The van der Waals surface area contributed by atoms with Crippen molar-refractivity contribution in [3.63, 3.8) is 0 Å². The third-order valence-electron chi connectivity index (χ3n) is 9.61. The van der Waals surface area contributed by atoms with Crippen molar-refractivity contribution >= 4 is 23.5 Å². The summed E-state index contributed by atoms with van der Waals surface area (Å²) >= 11 is 0. The predicted octanol–water partition coefficient (Wildman–Crippen LogP) is 2.76. The fraction of sp³-hybridized carbons (Fsp3) is 0.567. The van der Waals surface area contributed by atoms with Crippen molar-refractivity contribution in [2.75, 3.05) is 75.9 Å². The molecule has 10 nitrogen and oxygen atoms in total. The molecule has 0 bridgehead atoms. The number of alkyl halides is 2. The fourth-order valence-electron chi connectivity index (χ4n) is 7.43. The lowest BCUT2D eigenvalue weighted by Gasteiger charge is -2.55. The van der Waals surface area contributed by atoms with Crippen LogP contribution in [0.25, 0.3) is 6.08 Å². The Bertz CT molecular complexity index is 1410. The summed E-state index contributed by atoms with van der Waals surface area (Å²) in [4.78, 5) is 25.1. The van der Waals surface area contributed by atoms with Crippen LogP contribution < -0.4 is 9.80 Å². The highest BCUT2D eigenvalue weighted by Crippen LogP contribution is 2.47. The molecule has 0 aromatic carbocycles. The van der Waals surface area contributed by atoms with Gasteiger partial charge in [-0.25, -0.2) is 13.8 Å². The lowest BCUT2D eigenvalue weighted by molar-refractivity contribution is -0.128. The Morgan fingerprint density at radius 2 is 2.05 bits per heavy atom. The van der Waals surface area contributed by atoms with Gasteiger partial charge in [-0.15, -0.1) is 0 Å². The average molecular weight is 582 g/mol. The lowest BCUT2D eigenvalue weighted by atomic mass is 9.86. The van der Waals surface area contributed by atoms with Crippen molar-refractivity contribution in [1.82, 2.24) is 24.6 Å². The van der Waals surface area contributed by atoms with Gasteiger partial charge in [-0.1, -0.05) is 18.7 Å². The van der Waals surface area contributed by atoms with E-state index in [-0.39, 0.29) is 23.7 Å². The van der Waals surface area contributed by atoms with Crippen LogP contribution in [-0.4, -0.2) is 109 Å². The molecule has 7 rings (SSSR count). The first-order valence-corrected chi connectivity index (χ1v) is 14.7. The second-order valence-corrected chi connectivity index (χ2v) is 12.0. The van der Waals surface area contributed by atoms with E-state index >= 15 is 0 Å². The van der Waals surface area contributed by atoms with Crippen LogP contribution in [0.1, 0.15) is 41.4 Å². The Morgan fingerprint density at radius 1 is 1.26 bits per heavy atom. The molecule has 12 heteroatoms. The molecule has 0 N–H and O–H groups in total. The summed E-state index contributed by atoms with van der Waals surface area (Å²) in [5.41, 5.74) is 2.68. The summed E-state index contributed by atoms with van der Waals surface area (Å²) in [7, 11) is 1.67. The number of fused-ring (bicyclic) bond motifs is 5. The molecular formula is C30H37F2N7O3. The summed E-state index contributed by atoms with van der Waals surface area (Å²) in [6, 6.07) is 2.47. The molecule has 1 spiro atoms. The highest BCUT2D eigenvalue weighted by atomic mass is 19.3. The number of halogens is 2. The van der Waals surface area contributed by atoms with Crippen LogP contribution in [0, 0.1) is 6.92 Å². The first kappa shape index (κ1) is 27.5. The molecule has 7 heterocycles. The van der Waals surface area contributed by atoms with Crippen molar-refractivity contribution in [1.29, 1.82) is 0 Å². The molecule has 5 aliphatic heterocycles. The van der Waals surface area contributed by atoms with Crippen molar-refractivity contribution in [3.8, 4) is 0 Å². The Kier molecular flexibility index (Phi) is 6.82. The fourth-order valence-corrected chi connectivity index (χ4v) is 7.43. The Morgan fingerprint density at radius 3 is 2.76 bits per heavy atom. The lowest BCUT2D eigenvalue weighted by Crippen LogP contribution is -2.69. The molecule has 0 aliphatic carbocycles. The van der Waals surface area contributed by atoms with E-state index in [2.05, 4.69) is 26.5 Å². The molecular weight excluding hydrogens is 544 g/mol. The second kappa shape index (κ2) is 10.4. The molecule has 3 saturated heterocycles. The van der Waals surface area contributed by atoms with Gasteiger partial charge in [0.2, 0.25) is 5.91 Å². The largest absolute Gasteiger partial charge is 0.382 e. The number of hydrogen-bond donors (Lipinski definition) is 0. The van der Waals surface area contributed by atoms with Crippen LogP contribution in [-0.2, 0) is 19.9 Å². The minimum absolute atomic E-state index is 0.00275. The number of piperazine rings is 1. The van der Waals surface area contributed by atoms with E-state index in [0.29, 0.717) is 56.8 Å². The molecule has 1 amide bonds. The van der Waals surface area contributed by atoms with E-state index in [0.717, 1.165) is 43.0 Å². The number of hydrogen-bond acceptors (Lipinski definition) is 8. The highest BCUT2D eigenvalue weighted by molar-refractivity contribution is 5.87. The predicted molar refractivity (Wildman–Crippen MR) is 154 cm³/mol. The molecule has 224 valence electrons. The number of amides is 1. The summed E-state index contributed by atoms with van der Waals surface area (Å²) in [6.45, 7) is 11.4. The first-order valence-electron chi connectivity index (χ1n) is 14.7. The number of pyridine rings is 1. The van der Waals surface area contributed by atoms with E-state index in [1.807, 2.05) is 45.8 Å². The van der Waals surface area contributed by atoms with Crippen LogP contribution in [0.2, 0.25) is 0 Å². The molecule has 2 aromatic heterocycles. The molecule has 3 unspecified atom stereocenters. The van der Waals surface area contributed by atoms with E-state index in [9.17, 15) is 13.6 Å². The molecule has 0 radical (unpaired) electrons. The van der Waals surface area contributed by atoms with Crippen LogP contribution in [0.5, 0.6) is 0 Å². The van der Waals surface area contributed by atoms with Gasteiger partial charge in [0, 0.05) is 63.5 Å². The number of anilines is 2. The van der Waals surface area contributed by atoms with Crippen LogP contribution in [0.3, 0.4) is 0 Å². The zero-order valence-corrected chi connectivity index (χ0v) is 24.1. The molecule has 3 fully saturated rings. The van der Waals surface area contributed by atoms with E-state index in [1.165, 1.54) is 6.08 Å². The third kappa shape index (κ3) is 4.25. The first-order chi connectivity index (χ1) is 20.3. The minimum Gasteiger partial charge on any atom is -0.382 e. The standard InChI is InChI=1S/C30H37F2N7O3/c1-4-26(40)36-10-8-35(9-11-36)24-14-38-22(24)7-5-6-21-23(38)12-25(34-27(21)29(31)32)37-17-30(18-37)28-19(2)13-33-39(28)20(15-41-3)16-42-30/h4-6,12-13,20,22,24,29H,1,7-11,14-18H2,2-3H3. The zero-order chi connectivity index (χ0) is 29.2. The second-order valence-electron chi connectivity index (χ2n) is 12.0. The van der Waals surface area contributed by atoms with Gasteiger partial charge in [0.1, 0.15) is 17.1 Å². The Balaban J connectivity index is 1.12. The number of nitrogens with zero attached hydrogens (tertiary/aromatic N) is 7. The van der Waals surface area contributed by atoms with Crippen LogP contribution in [0.15, 0.2) is 31.0 Å². The minimum atomic E-state index is -2.69. The quantitative estimate of drug-likeness (QED) is 0.482. The highest BCUT2D eigenvalue weighted by Gasteiger charge is 2.53. The maximum atomic E-state index is 14.4. The Hall–Kier alpha value is -3.35. The third-order valence-corrected chi connectivity index (χ3v) is 9.61. The number of aryl methyl sites for hydroxylation is 1. The van der Waals surface area contributed by atoms with E-state index in [1.54, 1.807) is 7.11 Å². The number of aromatic nitrogens is 3. The van der Waals surface area contributed by atoms with Gasteiger partial charge in [-0.3, -0.25) is 14.4 Å². The van der Waals surface area contributed by atoms with Crippen LogP contribution in [0.4, 0.5) is 20.3 Å². The van der Waals surface area contributed by atoms with E-state index in [4.69, 9.17) is 9.47 Å². The van der Waals surface area contributed by atoms with Gasteiger partial charge >= 0.3 is 0 Å². The number of rotatable bonds is 6. The van der Waals surface area contributed by atoms with Crippen molar-refractivity contribution in [2.45, 2.75) is 43.5 Å². The normalized spacial score (nSPS) is 26.3. The number of ether oxygens (including phenoxy) is 2. The number of methoxy groups -OCH3 is 1. The molecule has 0 saturated carbocycles. The van der Waals surface area contributed by atoms with Gasteiger partial charge < -0.3 is 24.2 Å². The average Bonchev–Trinajstić information content (AvgIpc) is 3.30. The van der Waals surface area contributed by atoms with Gasteiger partial charge in [0.05, 0.1) is 49.9 Å². The molecule has 2 aromatic rings. The van der Waals surface area contributed by atoms with Gasteiger partial charge in [0.15, 0.2) is 0 Å². The van der Waals surface area contributed by atoms with E-state index < -0.39 is 12.0 Å². The summed E-state index contributed by atoms with van der Waals surface area (Å²) < 4.78 is 42.7. The summed E-state index contributed by atoms with van der Waals surface area (Å²) in [5.74, 6) is 0.520. The monoisotopic (exact) mass is 581 g/mol. The van der Waals surface area contributed by atoms with Crippen LogP contribution >= 0.6 is 0 Å². The van der Waals surface area contributed by atoms with Crippen molar-refractivity contribution in [2.24, 2.45) is 0 Å². The maximum Gasteiger partial charge on any atom is 0.281 e. The topological polar surface area (TPSA) is 79.2 Å². The molecule has 3 atom stereocenters. The smallest absolute Gasteiger partial charge is 0.281 e. The number of carbonyl (C=O) groups is 1.